The molecule has 1 saturated carbocycles. The second-order valence-electron chi connectivity index (χ2n) is 5.07. The molecule has 1 saturated heterocycles. The summed E-state index contributed by atoms with van der Waals surface area (Å²) < 4.78 is 0. The van der Waals surface area contributed by atoms with Crippen molar-refractivity contribution in [1.29, 1.82) is 0 Å². The molecule has 2 aliphatic rings. The molecular formula is C11H23N3. The smallest absolute Gasteiger partial charge is 0.0333 e. The molecule has 3 nitrogen and oxygen atoms in total. The maximum Gasteiger partial charge on any atom is 0.0333 e. The summed E-state index contributed by atoms with van der Waals surface area (Å²) in [5, 5.41) is 0. The van der Waals surface area contributed by atoms with Crippen molar-refractivity contribution in [2.75, 3.05) is 33.7 Å². The van der Waals surface area contributed by atoms with Crippen molar-refractivity contribution in [3.05, 3.63) is 0 Å². The van der Waals surface area contributed by atoms with E-state index >= 15 is 0 Å². The topological polar surface area (TPSA) is 32.5 Å². The molecule has 0 aromatic heterocycles. The first-order valence-electron chi connectivity index (χ1n) is 5.79. The molecule has 0 atom stereocenters. The minimum atomic E-state index is 0.389. The monoisotopic (exact) mass is 197 g/mol. The number of likely N-dealkylation sites (tertiary alicyclic amines) is 1. The summed E-state index contributed by atoms with van der Waals surface area (Å²) in [4.78, 5) is 4.99. The summed E-state index contributed by atoms with van der Waals surface area (Å²) in [5.41, 5.74) is 6.24. The predicted octanol–water partition coefficient (Wildman–Crippen LogP) is 0.504. The molecule has 82 valence electrons. The fraction of sp³-hybridized carbons (Fsp3) is 1.00. The van der Waals surface area contributed by atoms with Crippen LogP contribution < -0.4 is 5.73 Å². The lowest BCUT2D eigenvalue weighted by Crippen LogP contribution is -2.50. The van der Waals surface area contributed by atoms with Gasteiger partial charge in [-0.15, -0.1) is 0 Å². The van der Waals surface area contributed by atoms with E-state index in [0.717, 1.165) is 12.6 Å². The van der Waals surface area contributed by atoms with Gasteiger partial charge in [0.25, 0.3) is 0 Å². The second kappa shape index (κ2) is 3.80. The van der Waals surface area contributed by atoms with E-state index in [-0.39, 0.29) is 0 Å². The van der Waals surface area contributed by atoms with Gasteiger partial charge in [-0.25, -0.2) is 0 Å². The number of nitrogens with zero attached hydrogens (tertiary/aromatic N) is 2. The van der Waals surface area contributed by atoms with Gasteiger partial charge in [-0.05, 0) is 52.9 Å². The van der Waals surface area contributed by atoms with E-state index in [1.807, 2.05) is 0 Å². The van der Waals surface area contributed by atoms with E-state index in [4.69, 9.17) is 5.73 Å². The van der Waals surface area contributed by atoms with Crippen molar-refractivity contribution < 1.29 is 0 Å². The van der Waals surface area contributed by atoms with Crippen molar-refractivity contribution in [3.63, 3.8) is 0 Å². The van der Waals surface area contributed by atoms with Crippen LogP contribution in [0, 0.1) is 0 Å². The molecule has 1 heterocycles. The van der Waals surface area contributed by atoms with Crippen LogP contribution in [0.25, 0.3) is 0 Å². The molecular weight excluding hydrogens is 174 g/mol. The third-order valence-corrected chi connectivity index (χ3v) is 4.19. The Balaban J connectivity index is 1.89. The van der Waals surface area contributed by atoms with Gasteiger partial charge in [-0.1, -0.05) is 0 Å². The molecule has 0 amide bonds. The highest BCUT2D eigenvalue weighted by molar-refractivity contribution is 5.05. The van der Waals surface area contributed by atoms with Gasteiger partial charge in [0.2, 0.25) is 0 Å². The molecule has 2 fully saturated rings. The van der Waals surface area contributed by atoms with E-state index in [0.29, 0.717) is 5.54 Å². The van der Waals surface area contributed by atoms with Gasteiger partial charge in [-0.2, -0.15) is 0 Å². The van der Waals surface area contributed by atoms with Gasteiger partial charge in [0, 0.05) is 18.1 Å². The Morgan fingerprint density at radius 3 is 2.36 bits per heavy atom. The Morgan fingerprint density at radius 1 is 1.36 bits per heavy atom. The first kappa shape index (κ1) is 10.4. The van der Waals surface area contributed by atoms with Crippen molar-refractivity contribution in [1.82, 2.24) is 9.80 Å². The fourth-order valence-electron chi connectivity index (χ4n) is 2.61. The van der Waals surface area contributed by atoms with Crippen molar-refractivity contribution >= 4 is 0 Å². The highest BCUT2D eigenvalue weighted by atomic mass is 15.3. The van der Waals surface area contributed by atoms with E-state index in [9.17, 15) is 0 Å². The Bertz CT molecular complexity index is 193. The van der Waals surface area contributed by atoms with Crippen LogP contribution in [-0.2, 0) is 0 Å². The first-order valence-corrected chi connectivity index (χ1v) is 5.79. The molecule has 3 heteroatoms. The summed E-state index contributed by atoms with van der Waals surface area (Å²) in [6, 6.07) is 0.775. The molecule has 1 aliphatic carbocycles. The van der Waals surface area contributed by atoms with Crippen LogP contribution in [0.15, 0.2) is 0 Å². The lowest BCUT2D eigenvalue weighted by Gasteiger charge is -2.39. The van der Waals surface area contributed by atoms with Crippen LogP contribution in [0.2, 0.25) is 0 Å². The molecule has 0 aromatic carbocycles. The zero-order valence-electron chi connectivity index (χ0n) is 9.50. The average Bonchev–Trinajstić information content (AvgIpc) is 2.99. The molecule has 2 rings (SSSR count). The highest BCUT2D eigenvalue weighted by Gasteiger charge is 2.47. The average molecular weight is 197 g/mol. The van der Waals surface area contributed by atoms with Crippen LogP contribution in [0.4, 0.5) is 0 Å². The Hall–Kier alpha value is -0.120. The molecule has 0 radical (unpaired) electrons. The van der Waals surface area contributed by atoms with Gasteiger partial charge in [0.05, 0.1) is 0 Å². The molecule has 0 unspecified atom stereocenters. The van der Waals surface area contributed by atoms with E-state index in [1.54, 1.807) is 0 Å². The van der Waals surface area contributed by atoms with Crippen LogP contribution in [0.5, 0.6) is 0 Å². The molecule has 0 spiro atoms. The number of nitrogens with two attached hydrogens (primary N) is 1. The molecule has 14 heavy (non-hydrogen) atoms. The largest absolute Gasteiger partial charge is 0.329 e. The molecule has 2 N–H and O–H groups in total. The van der Waals surface area contributed by atoms with Crippen LogP contribution in [-0.4, -0.2) is 55.1 Å². The van der Waals surface area contributed by atoms with E-state index in [2.05, 4.69) is 23.9 Å². The van der Waals surface area contributed by atoms with Crippen molar-refractivity contribution in [3.8, 4) is 0 Å². The summed E-state index contributed by atoms with van der Waals surface area (Å²) in [6.07, 6.45) is 5.25. The lowest BCUT2D eigenvalue weighted by molar-refractivity contribution is 0.0983. The highest BCUT2D eigenvalue weighted by Crippen LogP contribution is 2.42. The Kier molecular flexibility index (Phi) is 2.82. The van der Waals surface area contributed by atoms with Gasteiger partial charge >= 0.3 is 0 Å². The number of hydrogen-bond donors (Lipinski definition) is 1. The minimum Gasteiger partial charge on any atom is -0.329 e. The normalized spacial score (nSPS) is 28.3. The van der Waals surface area contributed by atoms with Crippen LogP contribution >= 0.6 is 0 Å². The summed E-state index contributed by atoms with van der Waals surface area (Å²) >= 11 is 0. The van der Waals surface area contributed by atoms with Crippen molar-refractivity contribution in [2.24, 2.45) is 5.73 Å². The predicted molar refractivity (Wildman–Crippen MR) is 59.3 cm³/mol. The second-order valence-corrected chi connectivity index (χ2v) is 5.07. The Labute approximate surface area is 87.2 Å². The minimum absolute atomic E-state index is 0.389. The Morgan fingerprint density at radius 2 is 1.93 bits per heavy atom. The number of likely N-dealkylation sites (N-methyl/N-ethyl adjacent to an activating group) is 1. The third kappa shape index (κ3) is 1.81. The zero-order chi connectivity index (χ0) is 10.2. The van der Waals surface area contributed by atoms with Crippen LogP contribution in [0.1, 0.15) is 25.7 Å². The van der Waals surface area contributed by atoms with E-state index in [1.165, 1.54) is 38.8 Å². The third-order valence-electron chi connectivity index (χ3n) is 4.19. The zero-order valence-corrected chi connectivity index (χ0v) is 9.50. The molecule has 0 bridgehead atoms. The summed E-state index contributed by atoms with van der Waals surface area (Å²) in [5.74, 6) is 0. The summed E-state index contributed by atoms with van der Waals surface area (Å²) in [7, 11) is 4.49. The van der Waals surface area contributed by atoms with Gasteiger partial charge in [0.1, 0.15) is 0 Å². The van der Waals surface area contributed by atoms with Gasteiger partial charge in [-0.3, -0.25) is 4.90 Å². The maximum atomic E-state index is 5.85. The molecule has 0 aromatic rings. The lowest BCUT2D eigenvalue weighted by atomic mass is 10.0. The standard InChI is InChI=1S/C11H23N3/c1-13-7-3-10(4-8-13)14(2)11(9-12)5-6-11/h10H,3-9,12H2,1-2H3. The number of rotatable bonds is 3. The van der Waals surface area contributed by atoms with Gasteiger partial charge < -0.3 is 10.6 Å². The van der Waals surface area contributed by atoms with E-state index < -0.39 is 0 Å². The first-order chi connectivity index (χ1) is 6.68. The van der Waals surface area contributed by atoms with Gasteiger partial charge in [0.15, 0.2) is 0 Å². The fourth-order valence-corrected chi connectivity index (χ4v) is 2.61. The number of hydrogen-bond acceptors (Lipinski definition) is 3. The van der Waals surface area contributed by atoms with Crippen molar-refractivity contribution in [2.45, 2.75) is 37.3 Å². The van der Waals surface area contributed by atoms with Crippen LogP contribution in [0.3, 0.4) is 0 Å². The number of piperidine rings is 1. The quantitative estimate of drug-likeness (QED) is 0.715. The SMILES string of the molecule is CN1CCC(N(C)C2(CN)CC2)CC1. The summed E-state index contributed by atoms with van der Waals surface area (Å²) in [6.45, 7) is 3.33. The maximum absolute atomic E-state index is 5.85. The molecule has 1 aliphatic heterocycles.